The Morgan fingerprint density at radius 2 is 1.55 bits per heavy atom. The summed E-state index contributed by atoms with van der Waals surface area (Å²) in [6.07, 6.45) is 4.14. The predicted molar refractivity (Wildman–Crippen MR) is 171 cm³/mol. The van der Waals surface area contributed by atoms with E-state index in [2.05, 4.69) is 64.2 Å². The molecule has 4 saturated carbocycles. The number of aliphatic hydroxyl groups excluding tert-OH is 1. The maximum Gasteiger partial charge on any atom is 0.431 e. The molecule has 8 rings (SSSR count). The Hall–Kier alpha value is -3.50. The summed E-state index contributed by atoms with van der Waals surface area (Å²) >= 11 is 0. The highest BCUT2D eigenvalue weighted by molar-refractivity contribution is 5.82. The molecule has 2 heterocycles. The molecule has 3 unspecified atom stereocenters. The van der Waals surface area contributed by atoms with Gasteiger partial charge < -0.3 is 30.8 Å². The minimum atomic E-state index is -0.425. The molecule has 0 aromatic heterocycles. The molecule has 10 heteroatoms. The van der Waals surface area contributed by atoms with Gasteiger partial charge in [0.25, 0.3) is 0 Å². The van der Waals surface area contributed by atoms with E-state index in [4.69, 9.17) is 10.6 Å². The third kappa shape index (κ3) is 5.15. The second kappa shape index (κ2) is 11.1. The van der Waals surface area contributed by atoms with Crippen LogP contribution in [0.3, 0.4) is 0 Å². The molecule has 44 heavy (non-hydrogen) atoms. The van der Waals surface area contributed by atoms with E-state index >= 15 is 0 Å². The molecule has 4 aliphatic carbocycles. The van der Waals surface area contributed by atoms with Gasteiger partial charge in [-0.05, 0) is 100 Å². The van der Waals surface area contributed by atoms with Gasteiger partial charge in [-0.3, -0.25) is 9.69 Å². The van der Waals surface area contributed by atoms with Crippen molar-refractivity contribution in [3.63, 3.8) is 0 Å². The van der Waals surface area contributed by atoms with Crippen molar-refractivity contribution >= 4 is 34.7 Å². The van der Waals surface area contributed by atoms with E-state index in [1.165, 1.54) is 5.69 Å². The van der Waals surface area contributed by atoms with Crippen molar-refractivity contribution < 1.29 is 19.5 Å². The van der Waals surface area contributed by atoms with Crippen LogP contribution in [-0.4, -0.2) is 79.5 Å². The third-order valence-corrected chi connectivity index (χ3v) is 11.3. The SMILES string of the molecule is CC(C)(CO)N1CCN(c2ccc(N3CCN(OC(=O)NC4[C@@H]5CC6C[C@H]4CC(C(N)=O)(C6)C5)c4ccccc43)cc2)CC1. The van der Waals surface area contributed by atoms with Gasteiger partial charge in [0.15, 0.2) is 0 Å². The number of rotatable bonds is 7. The van der Waals surface area contributed by atoms with Crippen molar-refractivity contribution in [1.29, 1.82) is 0 Å². The number of nitrogens with two attached hydrogens (primary N) is 1. The largest absolute Gasteiger partial charge is 0.431 e. The van der Waals surface area contributed by atoms with Crippen LogP contribution in [0.25, 0.3) is 0 Å². The number of aliphatic hydroxyl groups is 1. The molecular weight excluding hydrogens is 556 g/mol. The smallest absolute Gasteiger partial charge is 0.394 e. The van der Waals surface area contributed by atoms with Crippen molar-refractivity contribution in [2.75, 3.05) is 60.7 Å². The van der Waals surface area contributed by atoms with Crippen molar-refractivity contribution in [2.24, 2.45) is 28.9 Å². The number of fused-ring (bicyclic) bond motifs is 1. The molecule has 5 atom stereocenters. The lowest BCUT2D eigenvalue weighted by atomic mass is 9.47. The molecule has 236 valence electrons. The van der Waals surface area contributed by atoms with Crippen LogP contribution in [-0.2, 0) is 9.63 Å². The second-order valence-electron chi connectivity index (χ2n) is 14.4. The quantitative estimate of drug-likeness (QED) is 0.438. The molecular formula is C34H46N6O4. The van der Waals surface area contributed by atoms with Gasteiger partial charge in [0.05, 0.1) is 24.5 Å². The number of nitrogens with one attached hydrogen (secondary N) is 1. The highest BCUT2D eigenvalue weighted by Crippen LogP contribution is 2.60. The number of hydrogen-bond donors (Lipinski definition) is 3. The van der Waals surface area contributed by atoms with E-state index in [0.29, 0.717) is 19.0 Å². The second-order valence-corrected chi connectivity index (χ2v) is 14.4. The summed E-state index contributed by atoms with van der Waals surface area (Å²) in [5, 5.41) is 14.7. The van der Waals surface area contributed by atoms with Gasteiger partial charge in [0.1, 0.15) is 0 Å². The number of nitrogens with zero attached hydrogens (tertiary/aromatic N) is 4. The van der Waals surface area contributed by atoms with Crippen LogP contribution < -0.4 is 25.9 Å². The van der Waals surface area contributed by atoms with Crippen molar-refractivity contribution in [3.8, 4) is 0 Å². The van der Waals surface area contributed by atoms with Crippen LogP contribution in [0.1, 0.15) is 46.0 Å². The van der Waals surface area contributed by atoms with Crippen molar-refractivity contribution in [2.45, 2.75) is 57.5 Å². The van der Waals surface area contributed by atoms with E-state index in [-0.39, 0.29) is 41.3 Å². The van der Waals surface area contributed by atoms with E-state index in [1.807, 2.05) is 18.2 Å². The lowest BCUT2D eigenvalue weighted by molar-refractivity contribution is -0.145. The summed E-state index contributed by atoms with van der Waals surface area (Å²) in [6.45, 7) is 9.28. The van der Waals surface area contributed by atoms with Crippen LogP contribution in [0.15, 0.2) is 48.5 Å². The fourth-order valence-electron chi connectivity index (χ4n) is 9.04. The Labute approximate surface area is 260 Å². The maximum atomic E-state index is 13.3. The number of primary amides is 1. The highest BCUT2D eigenvalue weighted by Gasteiger charge is 2.58. The Morgan fingerprint density at radius 3 is 2.18 bits per heavy atom. The summed E-state index contributed by atoms with van der Waals surface area (Å²) in [7, 11) is 0. The monoisotopic (exact) mass is 602 g/mol. The standard InChI is InChI=1S/C34H46N6O4/c1-33(2,22-41)38-13-11-37(12-14-38)26-7-9-27(10-8-26)39-15-16-40(29-6-4-3-5-28(29)39)44-32(43)36-30-24-17-23-18-25(30)21-34(19-23,20-24)31(35)42/h3-10,23-25,30,41H,11-22H2,1-2H3,(H2,35,42)(H,36,43)/t23?,24-,25+,30?,34?. The Kier molecular flexibility index (Phi) is 7.40. The minimum Gasteiger partial charge on any atom is -0.394 e. The van der Waals surface area contributed by atoms with Gasteiger partial charge in [0.2, 0.25) is 5.91 Å². The summed E-state index contributed by atoms with van der Waals surface area (Å²) in [6, 6.07) is 16.8. The molecule has 6 aliphatic rings. The number of anilines is 4. The van der Waals surface area contributed by atoms with E-state index in [0.717, 1.165) is 75.3 Å². The predicted octanol–water partition coefficient (Wildman–Crippen LogP) is 3.86. The van der Waals surface area contributed by atoms with Gasteiger partial charge in [-0.1, -0.05) is 12.1 Å². The molecule has 1 saturated heterocycles. The first-order valence-corrected chi connectivity index (χ1v) is 16.3. The zero-order valence-corrected chi connectivity index (χ0v) is 26.0. The van der Waals surface area contributed by atoms with Gasteiger partial charge in [-0.15, -0.1) is 0 Å². The molecule has 2 aliphatic heterocycles. The maximum absolute atomic E-state index is 13.3. The minimum absolute atomic E-state index is 0.0331. The van der Waals surface area contributed by atoms with E-state index < -0.39 is 6.09 Å². The molecule has 4 N–H and O–H groups in total. The van der Waals surface area contributed by atoms with Crippen molar-refractivity contribution in [1.82, 2.24) is 10.2 Å². The topological polar surface area (TPSA) is 115 Å². The average molecular weight is 603 g/mol. The lowest BCUT2D eigenvalue weighted by Gasteiger charge is -2.58. The number of hydrogen-bond acceptors (Lipinski definition) is 8. The lowest BCUT2D eigenvalue weighted by Crippen LogP contribution is -2.62. The normalized spacial score (nSPS) is 29.8. The van der Waals surface area contributed by atoms with Crippen LogP contribution in [0.5, 0.6) is 0 Å². The zero-order valence-electron chi connectivity index (χ0n) is 26.0. The number of piperazine rings is 1. The van der Waals surface area contributed by atoms with Gasteiger partial charge in [-0.25, -0.2) is 9.86 Å². The molecule has 2 aromatic rings. The van der Waals surface area contributed by atoms with Gasteiger partial charge in [-0.2, -0.15) is 0 Å². The first kappa shape index (κ1) is 29.2. The molecule has 10 nitrogen and oxygen atoms in total. The summed E-state index contributed by atoms with van der Waals surface area (Å²) in [5.74, 6) is 0.940. The third-order valence-electron chi connectivity index (χ3n) is 11.3. The molecule has 2 aromatic carbocycles. The first-order chi connectivity index (χ1) is 21.2. The molecule has 4 bridgehead atoms. The number of para-hydroxylation sites is 2. The van der Waals surface area contributed by atoms with E-state index in [1.54, 1.807) is 5.06 Å². The number of carbonyl (C=O) groups excluding carboxylic acids is 2. The molecule has 0 radical (unpaired) electrons. The van der Waals surface area contributed by atoms with Crippen LogP contribution in [0, 0.1) is 23.2 Å². The summed E-state index contributed by atoms with van der Waals surface area (Å²) in [5.41, 5.74) is 9.44. The molecule has 2 amide bonds. The molecule has 5 fully saturated rings. The highest BCUT2D eigenvalue weighted by atomic mass is 16.7. The number of hydroxylamine groups is 1. The fraction of sp³-hybridized carbons (Fsp3) is 0.588. The van der Waals surface area contributed by atoms with E-state index in [9.17, 15) is 14.7 Å². The van der Waals surface area contributed by atoms with Crippen LogP contribution in [0.2, 0.25) is 0 Å². The summed E-state index contributed by atoms with van der Waals surface area (Å²) in [4.78, 5) is 38.6. The van der Waals surface area contributed by atoms with Crippen molar-refractivity contribution in [3.05, 3.63) is 48.5 Å². The van der Waals surface area contributed by atoms with Gasteiger partial charge in [0, 0.05) is 61.1 Å². The molecule has 0 spiro atoms. The van der Waals surface area contributed by atoms with Crippen LogP contribution >= 0.6 is 0 Å². The Balaban J connectivity index is 0.994. The summed E-state index contributed by atoms with van der Waals surface area (Å²) < 4.78 is 0. The fourth-order valence-corrected chi connectivity index (χ4v) is 9.04. The Morgan fingerprint density at radius 1 is 0.909 bits per heavy atom. The average Bonchev–Trinajstić information content (AvgIpc) is 3.03. The zero-order chi connectivity index (χ0) is 30.6. The number of amides is 2. The number of carbonyl (C=O) groups is 2. The van der Waals surface area contributed by atoms with Crippen LogP contribution in [0.4, 0.5) is 27.5 Å². The Bertz CT molecular complexity index is 1370. The number of benzene rings is 2. The van der Waals surface area contributed by atoms with Gasteiger partial charge >= 0.3 is 6.09 Å². The first-order valence-electron chi connectivity index (χ1n) is 16.3.